The van der Waals surface area contributed by atoms with Crippen molar-refractivity contribution < 1.29 is 9.84 Å². The molecule has 26 heavy (non-hydrogen) atoms. The molecule has 0 atom stereocenters. The molecule has 0 fully saturated rings. The summed E-state index contributed by atoms with van der Waals surface area (Å²) >= 11 is 0. The molecule has 3 rings (SSSR count). The first-order chi connectivity index (χ1) is 12.4. The van der Waals surface area contributed by atoms with Crippen molar-refractivity contribution in [2.45, 2.75) is 39.7 Å². The molecule has 3 aromatic rings. The average Bonchev–Trinajstić information content (AvgIpc) is 2.92. The third kappa shape index (κ3) is 3.78. The lowest BCUT2D eigenvalue weighted by atomic mass is 10.0. The largest absolute Gasteiger partial charge is 0.477 e. The zero-order valence-corrected chi connectivity index (χ0v) is 15.7. The number of aromatic nitrogens is 3. The SMILES string of the molecule is CCOc1nn(-c2ccc(C(C)(C)O)cn2)c(C)c1Cc1ccccc1. The molecule has 5 nitrogen and oxygen atoms in total. The topological polar surface area (TPSA) is 60.2 Å². The summed E-state index contributed by atoms with van der Waals surface area (Å²) in [5.74, 6) is 1.35. The molecule has 136 valence electrons. The van der Waals surface area contributed by atoms with Gasteiger partial charge in [0.1, 0.15) is 0 Å². The summed E-state index contributed by atoms with van der Waals surface area (Å²) in [6, 6.07) is 14.0. The molecule has 5 heteroatoms. The maximum atomic E-state index is 10.1. The fourth-order valence-corrected chi connectivity index (χ4v) is 2.86. The van der Waals surface area contributed by atoms with Gasteiger partial charge in [0.2, 0.25) is 5.88 Å². The van der Waals surface area contributed by atoms with Crippen LogP contribution in [0.1, 0.15) is 43.2 Å². The fourth-order valence-electron chi connectivity index (χ4n) is 2.86. The van der Waals surface area contributed by atoms with Gasteiger partial charge < -0.3 is 9.84 Å². The second-order valence-electron chi connectivity index (χ2n) is 6.84. The average molecular weight is 351 g/mol. The number of nitrogens with zero attached hydrogens (tertiary/aromatic N) is 3. The van der Waals surface area contributed by atoms with Crippen LogP contribution in [0.15, 0.2) is 48.7 Å². The molecule has 1 N–H and O–H groups in total. The van der Waals surface area contributed by atoms with E-state index in [1.54, 1.807) is 24.7 Å². The number of hydrogen-bond acceptors (Lipinski definition) is 4. The van der Waals surface area contributed by atoms with Crippen LogP contribution in [0.2, 0.25) is 0 Å². The Morgan fingerprint density at radius 3 is 2.42 bits per heavy atom. The van der Waals surface area contributed by atoms with Gasteiger partial charge in [-0.1, -0.05) is 36.4 Å². The molecule has 0 unspecified atom stereocenters. The monoisotopic (exact) mass is 351 g/mol. The van der Waals surface area contributed by atoms with Gasteiger partial charge in [-0.3, -0.25) is 0 Å². The molecular weight excluding hydrogens is 326 g/mol. The summed E-state index contributed by atoms with van der Waals surface area (Å²) in [5, 5.41) is 14.7. The maximum Gasteiger partial charge on any atom is 0.237 e. The van der Waals surface area contributed by atoms with Crippen molar-refractivity contribution in [1.82, 2.24) is 14.8 Å². The van der Waals surface area contributed by atoms with Crippen LogP contribution in [-0.2, 0) is 12.0 Å². The summed E-state index contributed by atoms with van der Waals surface area (Å²) in [7, 11) is 0. The van der Waals surface area contributed by atoms with Gasteiger partial charge in [-0.25, -0.2) is 9.67 Å². The van der Waals surface area contributed by atoms with E-state index in [1.807, 2.05) is 44.2 Å². The lowest BCUT2D eigenvalue weighted by molar-refractivity contribution is 0.0782. The van der Waals surface area contributed by atoms with Gasteiger partial charge in [-0.15, -0.1) is 5.10 Å². The number of aliphatic hydroxyl groups is 1. The molecule has 0 aliphatic carbocycles. The Hall–Kier alpha value is -2.66. The van der Waals surface area contributed by atoms with E-state index in [-0.39, 0.29) is 0 Å². The summed E-state index contributed by atoms with van der Waals surface area (Å²) < 4.78 is 7.57. The molecule has 2 heterocycles. The van der Waals surface area contributed by atoms with Crippen LogP contribution >= 0.6 is 0 Å². The van der Waals surface area contributed by atoms with Gasteiger partial charge in [0.05, 0.1) is 17.9 Å². The number of ether oxygens (including phenoxy) is 1. The Bertz CT molecular complexity index is 863. The van der Waals surface area contributed by atoms with E-state index in [9.17, 15) is 5.11 Å². The molecule has 0 spiro atoms. The van der Waals surface area contributed by atoms with E-state index in [2.05, 4.69) is 22.2 Å². The van der Waals surface area contributed by atoms with Crippen molar-refractivity contribution in [2.24, 2.45) is 0 Å². The Labute approximate surface area is 154 Å². The van der Waals surface area contributed by atoms with Gasteiger partial charge >= 0.3 is 0 Å². The van der Waals surface area contributed by atoms with Crippen LogP contribution < -0.4 is 4.74 Å². The minimum Gasteiger partial charge on any atom is -0.477 e. The van der Waals surface area contributed by atoms with E-state index in [1.165, 1.54) is 5.56 Å². The van der Waals surface area contributed by atoms with Gasteiger partial charge in [0.15, 0.2) is 5.82 Å². The molecule has 0 aliphatic heterocycles. The van der Waals surface area contributed by atoms with Gasteiger partial charge in [0, 0.05) is 23.7 Å². The van der Waals surface area contributed by atoms with E-state index >= 15 is 0 Å². The highest BCUT2D eigenvalue weighted by Gasteiger charge is 2.20. The minimum absolute atomic E-state index is 0.559. The Morgan fingerprint density at radius 1 is 1.12 bits per heavy atom. The molecule has 0 radical (unpaired) electrons. The third-order valence-electron chi connectivity index (χ3n) is 4.38. The highest BCUT2D eigenvalue weighted by Crippen LogP contribution is 2.27. The second kappa shape index (κ2) is 7.30. The first-order valence-corrected chi connectivity index (χ1v) is 8.84. The molecule has 0 saturated heterocycles. The van der Waals surface area contributed by atoms with Crippen LogP contribution in [0.3, 0.4) is 0 Å². The summed E-state index contributed by atoms with van der Waals surface area (Å²) in [6.45, 7) is 8.03. The highest BCUT2D eigenvalue weighted by molar-refractivity contribution is 5.40. The van der Waals surface area contributed by atoms with Crippen molar-refractivity contribution in [1.29, 1.82) is 0 Å². The molecule has 0 saturated carbocycles. The van der Waals surface area contributed by atoms with E-state index in [4.69, 9.17) is 4.74 Å². The van der Waals surface area contributed by atoms with Crippen molar-refractivity contribution in [3.8, 4) is 11.7 Å². The molecule has 2 aromatic heterocycles. The van der Waals surface area contributed by atoms with Crippen LogP contribution in [0, 0.1) is 6.92 Å². The first kappa shape index (κ1) is 18.1. The third-order valence-corrected chi connectivity index (χ3v) is 4.38. The van der Waals surface area contributed by atoms with Crippen LogP contribution in [0.4, 0.5) is 0 Å². The smallest absolute Gasteiger partial charge is 0.237 e. The first-order valence-electron chi connectivity index (χ1n) is 8.84. The summed E-state index contributed by atoms with van der Waals surface area (Å²) in [4.78, 5) is 4.48. The van der Waals surface area contributed by atoms with Crippen molar-refractivity contribution in [3.05, 3.63) is 71.0 Å². The summed E-state index contributed by atoms with van der Waals surface area (Å²) in [5.41, 5.74) is 3.12. The second-order valence-corrected chi connectivity index (χ2v) is 6.84. The standard InChI is InChI=1S/C21H25N3O2/c1-5-26-20-18(13-16-9-7-6-8-10-16)15(2)24(23-20)19-12-11-17(14-22-19)21(3,4)25/h6-12,14,25H,5,13H2,1-4H3. The molecule has 1 aromatic carbocycles. The van der Waals surface area contributed by atoms with Gasteiger partial charge in [-0.05, 0) is 39.3 Å². The lowest BCUT2D eigenvalue weighted by Gasteiger charge is -2.17. The van der Waals surface area contributed by atoms with Gasteiger partial charge in [-0.2, -0.15) is 0 Å². The predicted octanol–water partition coefficient (Wildman–Crippen LogP) is 3.79. The lowest BCUT2D eigenvalue weighted by Crippen LogP contribution is -2.16. The molecular formula is C21H25N3O2. The van der Waals surface area contributed by atoms with Crippen molar-refractivity contribution in [2.75, 3.05) is 6.61 Å². The minimum atomic E-state index is -0.917. The number of benzene rings is 1. The van der Waals surface area contributed by atoms with Crippen LogP contribution in [0.25, 0.3) is 5.82 Å². The molecule has 0 aliphatic rings. The fraction of sp³-hybridized carbons (Fsp3) is 0.333. The summed E-state index contributed by atoms with van der Waals surface area (Å²) in [6.07, 6.45) is 2.44. The number of pyridine rings is 1. The molecule has 0 amide bonds. The van der Waals surface area contributed by atoms with E-state index in [0.29, 0.717) is 18.3 Å². The maximum absolute atomic E-state index is 10.1. The Balaban J connectivity index is 1.99. The number of rotatable bonds is 6. The zero-order valence-electron chi connectivity index (χ0n) is 15.7. The van der Waals surface area contributed by atoms with Crippen molar-refractivity contribution >= 4 is 0 Å². The Kier molecular flexibility index (Phi) is 5.09. The highest BCUT2D eigenvalue weighted by atomic mass is 16.5. The van der Waals surface area contributed by atoms with E-state index < -0.39 is 5.60 Å². The van der Waals surface area contributed by atoms with Crippen molar-refractivity contribution in [3.63, 3.8) is 0 Å². The molecule has 0 bridgehead atoms. The number of hydrogen-bond donors (Lipinski definition) is 1. The van der Waals surface area contributed by atoms with Gasteiger partial charge in [0.25, 0.3) is 0 Å². The predicted molar refractivity (Wildman–Crippen MR) is 102 cm³/mol. The van der Waals surface area contributed by atoms with Crippen LogP contribution in [0.5, 0.6) is 5.88 Å². The zero-order chi connectivity index (χ0) is 18.7. The van der Waals surface area contributed by atoms with E-state index in [0.717, 1.165) is 23.2 Å². The normalized spacial score (nSPS) is 11.6. The Morgan fingerprint density at radius 2 is 1.85 bits per heavy atom. The van der Waals surface area contributed by atoms with Crippen LogP contribution in [-0.4, -0.2) is 26.5 Å². The quantitative estimate of drug-likeness (QED) is 0.734.